The largest absolute Gasteiger partial charge is 0.383 e. The third kappa shape index (κ3) is 4.17. The molecule has 0 fully saturated rings. The third-order valence-corrected chi connectivity index (χ3v) is 5.02. The first-order chi connectivity index (χ1) is 13.4. The number of para-hydroxylation sites is 2. The number of hydrogen-bond donors (Lipinski definition) is 2. The second kappa shape index (κ2) is 8.43. The highest BCUT2D eigenvalue weighted by Crippen LogP contribution is 2.18. The molecule has 0 radical (unpaired) electrons. The van der Waals surface area contributed by atoms with Gasteiger partial charge in [-0.2, -0.15) is 5.10 Å². The number of carbonyl (C=O) groups excluding carboxylic acids is 1. The zero-order valence-corrected chi connectivity index (χ0v) is 17.1. The minimum absolute atomic E-state index is 0.160. The van der Waals surface area contributed by atoms with Crippen molar-refractivity contribution in [2.24, 2.45) is 7.05 Å². The van der Waals surface area contributed by atoms with E-state index in [0.29, 0.717) is 19.7 Å². The van der Waals surface area contributed by atoms with Crippen LogP contribution in [0.2, 0.25) is 0 Å². The lowest BCUT2D eigenvalue weighted by Crippen LogP contribution is -2.42. The third-order valence-electron chi connectivity index (χ3n) is 5.02. The highest BCUT2D eigenvalue weighted by atomic mass is 16.5. The number of amides is 2. The number of ether oxygens (including phenoxy) is 1. The van der Waals surface area contributed by atoms with E-state index in [4.69, 9.17) is 4.74 Å². The van der Waals surface area contributed by atoms with Crippen LogP contribution in [0.25, 0.3) is 11.0 Å². The molecule has 2 heterocycles. The highest BCUT2D eigenvalue weighted by molar-refractivity contribution is 5.76. The summed E-state index contributed by atoms with van der Waals surface area (Å²) < 4.78 is 7.04. The summed E-state index contributed by atoms with van der Waals surface area (Å²) in [5.41, 5.74) is 4.89. The van der Waals surface area contributed by atoms with Crippen molar-refractivity contribution >= 4 is 17.1 Å². The van der Waals surface area contributed by atoms with E-state index in [2.05, 4.69) is 20.4 Å². The number of aromatic nitrogens is 4. The van der Waals surface area contributed by atoms with Gasteiger partial charge >= 0.3 is 6.03 Å². The van der Waals surface area contributed by atoms with Crippen molar-refractivity contribution in [1.29, 1.82) is 0 Å². The zero-order chi connectivity index (χ0) is 20.3. The van der Waals surface area contributed by atoms with Crippen molar-refractivity contribution in [3.8, 4) is 0 Å². The fraction of sp³-hybridized carbons (Fsp3) is 0.450. The first-order valence-electron chi connectivity index (χ1n) is 9.38. The van der Waals surface area contributed by atoms with E-state index >= 15 is 0 Å². The molecule has 28 heavy (non-hydrogen) atoms. The van der Waals surface area contributed by atoms with Crippen LogP contribution < -0.4 is 5.32 Å². The number of aryl methyl sites for hydroxylation is 2. The number of hydrogen-bond acceptors (Lipinski definition) is 4. The minimum atomic E-state index is -0.249. The molecule has 2 aromatic heterocycles. The number of urea groups is 1. The summed E-state index contributed by atoms with van der Waals surface area (Å²) in [6, 6.07) is 7.41. The Balaban J connectivity index is 1.74. The van der Waals surface area contributed by atoms with Crippen molar-refractivity contribution in [2.75, 3.05) is 20.3 Å². The molecule has 0 aliphatic heterocycles. The fourth-order valence-corrected chi connectivity index (χ4v) is 3.21. The Bertz CT molecular complexity index is 928. The molecule has 2 amide bonds. The predicted molar refractivity (Wildman–Crippen MR) is 108 cm³/mol. The van der Waals surface area contributed by atoms with Gasteiger partial charge in [-0.05, 0) is 32.9 Å². The van der Waals surface area contributed by atoms with Gasteiger partial charge in [0, 0.05) is 32.0 Å². The quantitative estimate of drug-likeness (QED) is 0.656. The summed E-state index contributed by atoms with van der Waals surface area (Å²) in [5, 5.41) is 7.49. The number of rotatable bonds is 7. The van der Waals surface area contributed by atoms with Gasteiger partial charge in [0.15, 0.2) is 0 Å². The van der Waals surface area contributed by atoms with Crippen LogP contribution in [0.15, 0.2) is 24.3 Å². The molecular formula is C20H28N6O2. The van der Waals surface area contributed by atoms with Crippen molar-refractivity contribution in [3.05, 3.63) is 47.0 Å². The molecule has 0 spiro atoms. The van der Waals surface area contributed by atoms with E-state index in [1.54, 1.807) is 12.0 Å². The fourth-order valence-electron chi connectivity index (χ4n) is 3.21. The van der Waals surface area contributed by atoms with Gasteiger partial charge < -0.3 is 19.9 Å². The van der Waals surface area contributed by atoms with Gasteiger partial charge in [0.2, 0.25) is 0 Å². The standard InChI is InChI=1S/C20H28N6O2/c1-13-16(15(3)25(4)24-13)12-26(10-11-28-5)20(27)21-14(2)19-22-17-8-6-7-9-18(17)23-19/h6-9,14H,10-12H2,1-5H3,(H,21,27)(H,22,23)/t14-/m0/s1. The summed E-state index contributed by atoms with van der Waals surface area (Å²) >= 11 is 0. The van der Waals surface area contributed by atoms with E-state index in [1.165, 1.54) is 0 Å². The van der Waals surface area contributed by atoms with E-state index in [0.717, 1.165) is 33.8 Å². The second-order valence-corrected chi connectivity index (χ2v) is 7.00. The second-order valence-electron chi connectivity index (χ2n) is 7.00. The Labute approximate surface area is 164 Å². The average molecular weight is 384 g/mol. The maximum atomic E-state index is 13.0. The summed E-state index contributed by atoms with van der Waals surface area (Å²) in [6.45, 7) is 7.33. The molecule has 3 aromatic rings. The first-order valence-corrected chi connectivity index (χ1v) is 9.38. The van der Waals surface area contributed by atoms with Crippen molar-refractivity contribution in [1.82, 2.24) is 30.0 Å². The average Bonchev–Trinajstić information content (AvgIpc) is 3.20. The molecule has 150 valence electrons. The molecule has 8 heteroatoms. The molecule has 1 atom stereocenters. The van der Waals surface area contributed by atoms with E-state index in [9.17, 15) is 4.79 Å². The molecule has 0 aliphatic rings. The summed E-state index contributed by atoms with van der Waals surface area (Å²) in [6.07, 6.45) is 0. The normalized spacial score (nSPS) is 12.3. The number of H-pyrrole nitrogens is 1. The Hall–Kier alpha value is -2.87. The van der Waals surface area contributed by atoms with Crippen LogP contribution in [0.1, 0.15) is 35.7 Å². The van der Waals surface area contributed by atoms with Gasteiger partial charge in [-0.3, -0.25) is 4.68 Å². The van der Waals surface area contributed by atoms with Crippen LogP contribution in [-0.4, -0.2) is 50.9 Å². The number of nitrogens with zero attached hydrogens (tertiary/aromatic N) is 4. The molecule has 3 rings (SSSR count). The number of carbonyl (C=O) groups is 1. The van der Waals surface area contributed by atoms with Gasteiger partial charge in [0.1, 0.15) is 5.82 Å². The molecular weight excluding hydrogens is 356 g/mol. The molecule has 0 bridgehead atoms. The van der Waals surface area contributed by atoms with Gasteiger partial charge in [-0.1, -0.05) is 12.1 Å². The van der Waals surface area contributed by atoms with Crippen LogP contribution in [0.5, 0.6) is 0 Å². The summed E-state index contributed by atoms with van der Waals surface area (Å²) in [7, 11) is 3.54. The lowest BCUT2D eigenvalue weighted by atomic mass is 10.2. The lowest BCUT2D eigenvalue weighted by molar-refractivity contribution is 0.144. The van der Waals surface area contributed by atoms with Crippen LogP contribution >= 0.6 is 0 Å². The van der Waals surface area contributed by atoms with Gasteiger partial charge in [0.25, 0.3) is 0 Å². The Morgan fingerprint density at radius 3 is 2.75 bits per heavy atom. The smallest absolute Gasteiger partial charge is 0.318 e. The summed E-state index contributed by atoms with van der Waals surface area (Å²) in [5.74, 6) is 0.731. The molecule has 0 saturated carbocycles. The summed E-state index contributed by atoms with van der Waals surface area (Å²) in [4.78, 5) is 22.6. The van der Waals surface area contributed by atoms with Crippen LogP contribution in [0, 0.1) is 13.8 Å². The van der Waals surface area contributed by atoms with Crippen molar-refractivity contribution < 1.29 is 9.53 Å². The molecule has 8 nitrogen and oxygen atoms in total. The van der Waals surface area contributed by atoms with E-state index < -0.39 is 0 Å². The molecule has 1 aromatic carbocycles. The number of nitrogens with one attached hydrogen (secondary N) is 2. The molecule has 2 N–H and O–H groups in total. The maximum Gasteiger partial charge on any atom is 0.318 e. The lowest BCUT2D eigenvalue weighted by Gasteiger charge is -2.25. The zero-order valence-electron chi connectivity index (χ0n) is 17.1. The van der Waals surface area contributed by atoms with Crippen molar-refractivity contribution in [2.45, 2.75) is 33.4 Å². The van der Waals surface area contributed by atoms with Crippen LogP contribution in [-0.2, 0) is 18.3 Å². The molecule has 0 unspecified atom stereocenters. The molecule has 0 aliphatic carbocycles. The first kappa shape index (κ1) is 19.9. The predicted octanol–water partition coefficient (Wildman–Crippen LogP) is 2.83. The number of fused-ring (bicyclic) bond motifs is 1. The van der Waals surface area contributed by atoms with Gasteiger partial charge in [-0.15, -0.1) is 0 Å². The van der Waals surface area contributed by atoms with Gasteiger partial charge in [0.05, 0.1) is 35.9 Å². The number of benzene rings is 1. The number of imidazole rings is 1. The Kier molecular flexibility index (Phi) is 5.99. The van der Waals surface area contributed by atoms with Crippen LogP contribution in [0.4, 0.5) is 4.79 Å². The SMILES string of the molecule is COCCN(Cc1c(C)nn(C)c1C)C(=O)N[C@@H](C)c1nc2ccccc2[nH]1. The van der Waals surface area contributed by atoms with E-state index in [1.807, 2.05) is 56.8 Å². The highest BCUT2D eigenvalue weighted by Gasteiger charge is 2.21. The number of aromatic amines is 1. The number of methoxy groups -OCH3 is 1. The molecule has 0 saturated heterocycles. The minimum Gasteiger partial charge on any atom is -0.383 e. The van der Waals surface area contributed by atoms with Crippen LogP contribution in [0.3, 0.4) is 0 Å². The maximum absolute atomic E-state index is 13.0. The van der Waals surface area contributed by atoms with E-state index in [-0.39, 0.29) is 12.1 Å². The monoisotopic (exact) mass is 384 g/mol. The van der Waals surface area contributed by atoms with Crippen molar-refractivity contribution in [3.63, 3.8) is 0 Å². The topological polar surface area (TPSA) is 88.1 Å². The van der Waals surface area contributed by atoms with Gasteiger partial charge in [-0.25, -0.2) is 9.78 Å². The Morgan fingerprint density at radius 1 is 1.36 bits per heavy atom. The Morgan fingerprint density at radius 2 is 2.11 bits per heavy atom.